The second kappa shape index (κ2) is 8.72. The van der Waals surface area contributed by atoms with Gasteiger partial charge in [-0.2, -0.15) is 0 Å². The fourth-order valence-corrected chi connectivity index (χ4v) is 2.23. The third-order valence-electron chi connectivity index (χ3n) is 3.45. The van der Waals surface area contributed by atoms with E-state index in [9.17, 15) is 4.79 Å². The molecular formula is C19H21NO4. The molecule has 0 aromatic heterocycles. The molecule has 0 fully saturated rings. The molecule has 0 bridgehead atoms. The maximum absolute atomic E-state index is 12.3. The van der Waals surface area contributed by atoms with E-state index in [-0.39, 0.29) is 5.97 Å². The van der Waals surface area contributed by atoms with Crippen LogP contribution in [0.4, 0.5) is 5.69 Å². The third kappa shape index (κ3) is 4.35. The van der Waals surface area contributed by atoms with Crippen LogP contribution < -0.4 is 9.47 Å². The molecule has 126 valence electrons. The van der Waals surface area contributed by atoms with Crippen molar-refractivity contribution in [1.82, 2.24) is 0 Å². The van der Waals surface area contributed by atoms with Gasteiger partial charge < -0.3 is 14.2 Å². The predicted octanol–water partition coefficient (Wildman–Crippen LogP) is 3.75. The summed E-state index contributed by atoms with van der Waals surface area (Å²) in [7, 11) is 3.15. The highest BCUT2D eigenvalue weighted by molar-refractivity contribution is 5.97. The van der Waals surface area contributed by atoms with Crippen LogP contribution in [0.1, 0.15) is 18.4 Å². The van der Waals surface area contributed by atoms with E-state index in [0.717, 1.165) is 5.56 Å². The Hall–Kier alpha value is -2.82. The summed E-state index contributed by atoms with van der Waals surface area (Å²) in [6.07, 6.45) is 1.57. The number of rotatable bonds is 7. The zero-order valence-corrected chi connectivity index (χ0v) is 14.1. The number of ether oxygens (including phenoxy) is 3. The Morgan fingerprint density at radius 2 is 1.88 bits per heavy atom. The monoisotopic (exact) mass is 327 g/mol. The van der Waals surface area contributed by atoms with Crippen LogP contribution in [0.15, 0.2) is 53.5 Å². The quantitative estimate of drug-likeness (QED) is 0.574. The molecule has 5 nitrogen and oxygen atoms in total. The van der Waals surface area contributed by atoms with Gasteiger partial charge in [0.25, 0.3) is 0 Å². The Bertz CT molecular complexity index is 698. The van der Waals surface area contributed by atoms with Crippen LogP contribution in [0, 0.1) is 0 Å². The van der Waals surface area contributed by atoms with E-state index < -0.39 is 5.92 Å². The highest BCUT2D eigenvalue weighted by atomic mass is 16.5. The molecule has 0 saturated carbocycles. The minimum Gasteiger partial charge on any atom is -0.497 e. The van der Waals surface area contributed by atoms with Gasteiger partial charge in [-0.25, -0.2) is 0 Å². The van der Waals surface area contributed by atoms with Gasteiger partial charge in [0.1, 0.15) is 23.1 Å². The molecule has 2 rings (SSSR count). The molecule has 1 atom stereocenters. The summed E-state index contributed by atoms with van der Waals surface area (Å²) in [5, 5.41) is 0. The Morgan fingerprint density at radius 3 is 2.50 bits per heavy atom. The standard InChI is InChI=1S/C19H21NO4/c1-4-24-19(21)16(14-8-6-5-7-9-14)13-20-17-12-15(22-2)10-11-18(17)23-3/h5-13,16H,4H2,1-3H3. The minimum atomic E-state index is -0.581. The van der Waals surface area contributed by atoms with Crippen molar-refractivity contribution in [2.75, 3.05) is 20.8 Å². The van der Waals surface area contributed by atoms with Gasteiger partial charge in [-0.1, -0.05) is 30.3 Å². The van der Waals surface area contributed by atoms with Crippen LogP contribution in [-0.4, -0.2) is 33.0 Å². The summed E-state index contributed by atoms with van der Waals surface area (Å²) in [6, 6.07) is 14.7. The fourth-order valence-electron chi connectivity index (χ4n) is 2.23. The number of nitrogens with zero attached hydrogens (tertiary/aromatic N) is 1. The molecule has 0 radical (unpaired) electrons. The van der Waals surface area contributed by atoms with Crippen molar-refractivity contribution in [1.29, 1.82) is 0 Å². The average molecular weight is 327 g/mol. The molecule has 0 N–H and O–H groups in total. The van der Waals surface area contributed by atoms with Gasteiger partial charge in [-0.05, 0) is 24.6 Å². The van der Waals surface area contributed by atoms with Crippen LogP contribution >= 0.6 is 0 Å². The van der Waals surface area contributed by atoms with Crippen LogP contribution in [0.5, 0.6) is 11.5 Å². The fraction of sp³-hybridized carbons (Fsp3) is 0.263. The lowest BCUT2D eigenvalue weighted by Crippen LogP contribution is -2.17. The highest BCUT2D eigenvalue weighted by Crippen LogP contribution is 2.31. The maximum atomic E-state index is 12.3. The average Bonchev–Trinajstić information content (AvgIpc) is 2.63. The second-order valence-corrected chi connectivity index (χ2v) is 4.96. The Labute approximate surface area is 141 Å². The van der Waals surface area contributed by atoms with Crippen LogP contribution in [-0.2, 0) is 9.53 Å². The summed E-state index contributed by atoms with van der Waals surface area (Å²) >= 11 is 0. The van der Waals surface area contributed by atoms with E-state index in [2.05, 4.69) is 4.99 Å². The van der Waals surface area contributed by atoms with Crippen molar-refractivity contribution in [3.63, 3.8) is 0 Å². The summed E-state index contributed by atoms with van der Waals surface area (Å²) in [4.78, 5) is 16.7. The molecule has 1 unspecified atom stereocenters. The van der Waals surface area contributed by atoms with E-state index >= 15 is 0 Å². The number of carbonyl (C=O) groups excluding carboxylic acids is 1. The molecule has 0 aliphatic heterocycles. The zero-order valence-electron chi connectivity index (χ0n) is 14.1. The summed E-state index contributed by atoms with van der Waals surface area (Å²) in [5.41, 5.74) is 1.41. The lowest BCUT2D eigenvalue weighted by molar-refractivity contribution is -0.143. The molecule has 24 heavy (non-hydrogen) atoms. The topological polar surface area (TPSA) is 57.1 Å². The van der Waals surface area contributed by atoms with Crippen LogP contribution in [0.25, 0.3) is 0 Å². The van der Waals surface area contributed by atoms with Gasteiger partial charge in [-0.3, -0.25) is 9.79 Å². The van der Waals surface area contributed by atoms with Gasteiger partial charge in [0.2, 0.25) is 0 Å². The molecule has 2 aromatic rings. The van der Waals surface area contributed by atoms with E-state index in [0.29, 0.717) is 23.8 Å². The second-order valence-electron chi connectivity index (χ2n) is 4.96. The molecular weight excluding hydrogens is 306 g/mol. The molecule has 0 amide bonds. The van der Waals surface area contributed by atoms with E-state index in [1.807, 2.05) is 30.3 Å². The molecule has 0 saturated heterocycles. The smallest absolute Gasteiger partial charge is 0.318 e. The Kier molecular flexibility index (Phi) is 6.37. The number of carbonyl (C=O) groups is 1. The Morgan fingerprint density at radius 1 is 1.12 bits per heavy atom. The lowest BCUT2D eigenvalue weighted by Gasteiger charge is -2.12. The van der Waals surface area contributed by atoms with Crippen molar-refractivity contribution < 1.29 is 19.0 Å². The lowest BCUT2D eigenvalue weighted by atomic mass is 10.0. The molecule has 0 heterocycles. The largest absolute Gasteiger partial charge is 0.497 e. The number of hydrogen-bond donors (Lipinski definition) is 0. The Balaban J connectivity index is 2.35. The first-order valence-corrected chi connectivity index (χ1v) is 7.67. The van der Waals surface area contributed by atoms with Crippen molar-refractivity contribution in [2.24, 2.45) is 4.99 Å². The number of hydrogen-bond acceptors (Lipinski definition) is 5. The summed E-state index contributed by atoms with van der Waals surface area (Å²) in [5.74, 6) is 0.342. The molecule has 0 spiro atoms. The van der Waals surface area contributed by atoms with Crippen LogP contribution in [0.3, 0.4) is 0 Å². The maximum Gasteiger partial charge on any atom is 0.318 e. The van der Waals surface area contributed by atoms with Crippen LogP contribution in [0.2, 0.25) is 0 Å². The summed E-state index contributed by atoms with van der Waals surface area (Å²) in [6.45, 7) is 2.10. The normalized spacial score (nSPS) is 12.0. The number of methoxy groups -OCH3 is 2. The van der Waals surface area contributed by atoms with Crippen molar-refractivity contribution in [3.05, 3.63) is 54.1 Å². The van der Waals surface area contributed by atoms with Crippen molar-refractivity contribution >= 4 is 17.9 Å². The van der Waals surface area contributed by atoms with Gasteiger partial charge in [0.05, 0.1) is 20.8 Å². The molecule has 2 aromatic carbocycles. The number of benzene rings is 2. The molecule has 0 aliphatic rings. The SMILES string of the molecule is CCOC(=O)C(C=Nc1cc(OC)ccc1OC)c1ccccc1. The minimum absolute atomic E-state index is 0.318. The first-order valence-electron chi connectivity index (χ1n) is 7.67. The molecule has 0 aliphatic carbocycles. The molecule has 5 heteroatoms. The van der Waals surface area contributed by atoms with E-state index in [4.69, 9.17) is 14.2 Å². The van der Waals surface area contributed by atoms with Gasteiger partial charge in [0.15, 0.2) is 0 Å². The van der Waals surface area contributed by atoms with E-state index in [1.54, 1.807) is 45.6 Å². The number of aliphatic imine (C=N–C) groups is 1. The number of esters is 1. The van der Waals surface area contributed by atoms with Gasteiger partial charge >= 0.3 is 5.97 Å². The highest BCUT2D eigenvalue weighted by Gasteiger charge is 2.20. The first-order chi connectivity index (χ1) is 11.7. The third-order valence-corrected chi connectivity index (χ3v) is 3.45. The van der Waals surface area contributed by atoms with Crippen molar-refractivity contribution in [3.8, 4) is 11.5 Å². The van der Waals surface area contributed by atoms with E-state index in [1.165, 1.54) is 0 Å². The van der Waals surface area contributed by atoms with Gasteiger partial charge in [-0.15, -0.1) is 0 Å². The predicted molar refractivity (Wildman–Crippen MR) is 93.5 cm³/mol. The first kappa shape index (κ1) is 17.5. The zero-order chi connectivity index (χ0) is 17.4. The summed E-state index contributed by atoms with van der Waals surface area (Å²) < 4.78 is 15.7. The van der Waals surface area contributed by atoms with Gasteiger partial charge in [0, 0.05) is 12.3 Å². The van der Waals surface area contributed by atoms with Crippen molar-refractivity contribution in [2.45, 2.75) is 12.8 Å².